The Hall–Kier alpha value is -2.41. The standard InChI is InChI=1S/C23H23ClN4OS.C3H8/c1-2-30-21-8-7-20(25-12-21)11-27-23(29)17-9-18-14-28(15-22(18)26-10-17)13-16-3-5-19(24)6-4-16;1-3-2/h3-10,12H,2,11,13-15H2,1H3,(H,27,29);3H2,1-2H3. The number of benzene rings is 1. The minimum Gasteiger partial charge on any atom is -0.346 e. The van der Waals surface area contributed by atoms with Crippen molar-refractivity contribution in [1.29, 1.82) is 0 Å². The van der Waals surface area contributed by atoms with Crippen molar-refractivity contribution in [3.8, 4) is 0 Å². The summed E-state index contributed by atoms with van der Waals surface area (Å²) >= 11 is 7.72. The van der Waals surface area contributed by atoms with Crippen LogP contribution < -0.4 is 5.32 Å². The van der Waals surface area contributed by atoms with Crippen molar-refractivity contribution >= 4 is 29.3 Å². The molecule has 1 N–H and O–H groups in total. The summed E-state index contributed by atoms with van der Waals surface area (Å²) in [6.45, 7) is 9.15. The van der Waals surface area contributed by atoms with Gasteiger partial charge in [-0.2, -0.15) is 0 Å². The molecule has 174 valence electrons. The fourth-order valence-corrected chi connectivity index (χ4v) is 4.20. The molecule has 0 fully saturated rings. The van der Waals surface area contributed by atoms with Gasteiger partial charge in [0, 0.05) is 41.9 Å². The van der Waals surface area contributed by atoms with Crippen molar-refractivity contribution in [3.05, 3.63) is 88.0 Å². The predicted octanol–water partition coefficient (Wildman–Crippen LogP) is 6.10. The molecule has 0 atom stereocenters. The zero-order valence-electron chi connectivity index (χ0n) is 19.5. The Morgan fingerprint density at radius 2 is 1.82 bits per heavy atom. The van der Waals surface area contributed by atoms with Crippen molar-refractivity contribution in [2.24, 2.45) is 0 Å². The van der Waals surface area contributed by atoms with E-state index in [1.807, 2.05) is 48.7 Å². The number of thioether (sulfide) groups is 1. The molecular weight excluding hydrogens is 452 g/mol. The summed E-state index contributed by atoms with van der Waals surface area (Å²) in [5.74, 6) is 0.885. The molecule has 1 aromatic carbocycles. The van der Waals surface area contributed by atoms with E-state index in [1.165, 1.54) is 12.0 Å². The van der Waals surface area contributed by atoms with Crippen molar-refractivity contribution in [3.63, 3.8) is 0 Å². The molecule has 0 bridgehead atoms. The lowest BCUT2D eigenvalue weighted by molar-refractivity contribution is 0.0950. The molecule has 0 saturated carbocycles. The first kappa shape index (κ1) is 25.2. The highest BCUT2D eigenvalue weighted by Gasteiger charge is 2.22. The zero-order chi connectivity index (χ0) is 23.6. The van der Waals surface area contributed by atoms with E-state index in [2.05, 4.69) is 41.0 Å². The number of fused-ring (bicyclic) bond motifs is 1. The van der Waals surface area contributed by atoms with Crippen LogP contribution in [0.4, 0.5) is 0 Å². The Bertz CT molecular complexity index is 1040. The highest BCUT2D eigenvalue weighted by molar-refractivity contribution is 7.99. The number of halogens is 1. The SMILES string of the molecule is CCC.CCSc1ccc(CNC(=O)c2cnc3c(c2)CN(Cc2ccc(Cl)cc2)C3)nc1. The summed E-state index contributed by atoms with van der Waals surface area (Å²) < 4.78 is 0. The second-order valence-corrected chi connectivity index (χ2v) is 9.68. The number of carbonyl (C=O) groups is 1. The minimum absolute atomic E-state index is 0.129. The normalized spacial score (nSPS) is 12.6. The molecule has 2 aromatic heterocycles. The van der Waals surface area contributed by atoms with Crippen molar-refractivity contribution in [2.75, 3.05) is 5.75 Å². The van der Waals surface area contributed by atoms with E-state index in [-0.39, 0.29) is 5.91 Å². The summed E-state index contributed by atoms with van der Waals surface area (Å²) in [4.78, 5) is 25.0. The van der Waals surface area contributed by atoms with Gasteiger partial charge in [-0.1, -0.05) is 50.9 Å². The van der Waals surface area contributed by atoms with E-state index in [9.17, 15) is 4.79 Å². The Balaban J connectivity index is 0.000000968. The first-order valence-electron chi connectivity index (χ1n) is 11.3. The maximum Gasteiger partial charge on any atom is 0.253 e. The molecule has 0 radical (unpaired) electrons. The summed E-state index contributed by atoms with van der Waals surface area (Å²) in [6.07, 6.45) is 4.76. The van der Waals surface area contributed by atoms with Crippen LogP contribution in [0.1, 0.15) is 60.1 Å². The number of nitrogens with zero attached hydrogens (tertiary/aromatic N) is 3. The summed E-state index contributed by atoms with van der Waals surface area (Å²) in [7, 11) is 0. The molecule has 3 aromatic rings. The van der Waals surface area contributed by atoms with Gasteiger partial charge in [0.05, 0.1) is 23.5 Å². The Kier molecular flexibility index (Phi) is 9.73. The molecule has 1 amide bonds. The van der Waals surface area contributed by atoms with Gasteiger partial charge < -0.3 is 5.32 Å². The molecule has 4 rings (SSSR count). The third-order valence-corrected chi connectivity index (χ3v) is 6.06. The average Bonchev–Trinajstić information content (AvgIpc) is 3.22. The van der Waals surface area contributed by atoms with Crippen LogP contribution in [0.2, 0.25) is 5.02 Å². The number of amides is 1. The molecule has 1 aliphatic rings. The second kappa shape index (κ2) is 12.7. The average molecular weight is 483 g/mol. The Morgan fingerprint density at radius 1 is 1.06 bits per heavy atom. The number of nitrogens with one attached hydrogen (secondary N) is 1. The minimum atomic E-state index is -0.129. The summed E-state index contributed by atoms with van der Waals surface area (Å²) in [5.41, 5.74) is 4.77. The quantitative estimate of drug-likeness (QED) is 0.412. The smallest absolute Gasteiger partial charge is 0.253 e. The molecule has 0 saturated heterocycles. The summed E-state index contributed by atoms with van der Waals surface area (Å²) in [5, 5.41) is 3.68. The van der Waals surface area contributed by atoms with Gasteiger partial charge in [0.15, 0.2) is 0 Å². The molecule has 5 nitrogen and oxygen atoms in total. The van der Waals surface area contributed by atoms with E-state index in [1.54, 1.807) is 18.0 Å². The molecule has 7 heteroatoms. The molecule has 0 aliphatic carbocycles. The van der Waals surface area contributed by atoms with Gasteiger partial charge >= 0.3 is 0 Å². The number of rotatable bonds is 7. The first-order chi connectivity index (χ1) is 16.0. The number of hydrogen-bond donors (Lipinski definition) is 1. The lowest BCUT2D eigenvalue weighted by Gasteiger charge is -2.14. The van der Waals surface area contributed by atoms with E-state index in [0.717, 1.165) is 52.3 Å². The number of hydrogen-bond acceptors (Lipinski definition) is 5. The summed E-state index contributed by atoms with van der Waals surface area (Å²) in [6, 6.07) is 13.8. The van der Waals surface area contributed by atoms with Gasteiger partial charge in [0.25, 0.3) is 5.91 Å². The van der Waals surface area contributed by atoms with E-state index in [4.69, 9.17) is 11.6 Å². The van der Waals surface area contributed by atoms with Gasteiger partial charge in [-0.25, -0.2) is 0 Å². The predicted molar refractivity (Wildman–Crippen MR) is 136 cm³/mol. The third kappa shape index (κ3) is 7.56. The lowest BCUT2D eigenvalue weighted by atomic mass is 10.1. The van der Waals surface area contributed by atoms with E-state index < -0.39 is 0 Å². The van der Waals surface area contributed by atoms with Crippen LogP contribution in [0.15, 0.2) is 59.8 Å². The largest absolute Gasteiger partial charge is 0.346 e. The van der Waals surface area contributed by atoms with Crippen molar-refractivity contribution in [1.82, 2.24) is 20.2 Å². The van der Waals surface area contributed by atoms with Crippen LogP contribution >= 0.6 is 23.4 Å². The van der Waals surface area contributed by atoms with Crippen LogP contribution in [-0.2, 0) is 26.2 Å². The Labute approximate surface area is 206 Å². The van der Waals surface area contributed by atoms with Crippen molar-refractivity contribution in [2.45, 2.75) is 58.3 Å². The van der Waals surface area contributed by atoms with Gasteiger partial charge in [0.1, 0.15) is 0 Å². The maximum absolute atomic E-state index is 12.6. The Morgan fingerprint density at radius 3 is 2.48 bits per heavy atom. The fraction of sp³-hybridized carbons (Fsp3) is 0.346. The lowest BCUT2D eigenvalue weighted by Crippen LogP contribution is -2.23. The monoisotopic (exact) mass is 482 g/mol. The number of pyridine rings is 2. The molecule has 0 spiro atoms. The van der Waals surface area contributed by atoms with E-state index >= 15 is 0 Å². The van der Waals surface area contributed by atoms with Gasteiger partial charge in [-0.15, -0.1) is 11.8 Å². The molecule has 0 unspecified atom stereocenters. The topological polar surface area (TPSA) is 58.1 Å². The van der Waals surface area contributed by atoms with Crippen LogP contribution in [0.25, 0.3) is 0 Å². The zero-order valence-corrected chi connectivity index (χ0v) is 21.0. The highest BCUT2D eigenvalue weighted by atomic mass is 35.5. The van der Waals surface area contributed by atoms with Crippen LogP contribution in [-0.4, -0.2) is 26.5 Å². The van der Waals surface area contributed by atoms with Crippen molar-refractivity contribution < 1.29 is 4.79 Å². The third-order valence-electron chi connectivity index (χ3n) is 4.95. The molecule has 33 heavy (non-hydrogen) atoms. The van der Waals surface area contributed by atoms with Crippen LogP contribution in [0.3, 0.4) is 0 Å². The molecular formula is C26H31ClN4OS. The fourth-order valence-electron chi connectivity index (χ4n) is 3.45. The van der Waals surface area contributed by atoms with Gasteiger partial charge in [-0.3, -0.25) is 19.7 Å². The maximum atomic E-state index is 12.6. The number of carbonyl (C=O) groups excluding carboxylic acids is 1. The number of aromatic nitrogens is 2. The van der Waals surface area contributed by atoms with E-state index in [0.29, 0.717) is 12.1 Å². The molecule has 3 heterocycles. The van der Waals surface area contributed by atoms with Gasteiger partial charge in [-0.05, 0) is 47.2 Å². The highest BCUT2D eigenvalue weighted by Crippen LogP contribution is 2.24. The van der Waals surface area contributed by atoms with Gasteiger partial charge in [0.2, 0.25) is 0 Å². The molecule has 1 aliphatic heterocycles. The first-order valence-corrected chi connectivity index (χ1v) is 12.7. The second-order valence-electron chi connectivity index (χ2n) is 7.91. The van der Waals surface area contributed by atoms with Crippen LogP contribution in [0.5, 0.6) is 0 Å². The van der Waals surface area contributed by atoms with Crippen LogP contribution in [0, 0.1) is 0 Å².